The van der Waals surface area contributed by atoms with Gasteiger partial charge in [-0.1, -0.05) is 42.0 Å². The van der Waals surface area contributed by atoms with Crippen molar-refractivity contribution >= 4 is 17.8 Å². The first kappa shape index (κ1) is 21.9. The quantitative estimate of drug-likeness (QED) is 0.516. The molecule has 0 atom stereocenters. The topological polar surface area (TPSA) is 77.8 Å². The molecule has 6 heteroatoms. The monoisotopic (exact) mass is 419 g/mol. The molecule has 0 saturated carbocycles. The van der Waals surface area contributed by atoms with Crippen molar-refractivity contribution in [3.05, 3.63) is 88.8 Å². The summed E-state index contributed by atoms with van der Waals surface area (Å²) < 4.78 is 12.5. The highest BCUT2D eigenvalue weighted by Gasteiger charge is 2.14. The molecule has 0 aliphatic heterocycles. The third-order valence-electron chi connectivity index (χ3n) is 4.74. The molecule has 1 aromatic heterocycles. The molecule has 0 radical (unpaired) electrons. The average molecular weight is 419 g/mol. The Kier molecular flexibility index (Phi) is 6.92. The van der Waals surface area contributed by atoms with Gasteiger partial charge in [0.2, 0.25) is 5.78 Å². The van der Waals surface area contributed by atoms with Crippen molar-refractivity contribution in [3.8, 4) is 11.5 Å². The van der Waals surface area contributed by atoms with Gasteiger partial charge in [0.25, 0.3) is 0 Å². The fourth-order valence-corrected chi connectivity index (χ4v) is 3.22. The number of hydrogen-bond acceptors (Lipinski definition) is 4. The summed E-state index contributed by atoms with van der Waals surface area (Å²) >= 11 is 0. The lowest BCUT2D eigenvalue weighted by Crippen LogP contribution is -2.09. The van der Waals surface area contributed by atoms with E-state index in [2.05, 4.69) is 0 Å². The number of carboxylic acids is 1. The van der Waals surface area contributed by atoms with Crippen molar-refractivity contribution in [2.75, 3.05) is 13.7 Å². The number of hydrogen-bond donors (Lipinski definition) is 1. The van der Waals surface area contributed by atoms with E-state index in [1.807, 2.05) is 67.1 Å². The number of aliphatic carboxylic acids is 1. The largest absolute Gasteiger partial charge is 0.496 e. The molecule has 6 nitrogen and oxygen atoms in total. The molecule has 0 unspecified atom stereocenters. The van der Waals surface area contributed by atoms with E-state index in [4.69, 9.17) is 14.6 Å². The number of ketones is 1. The summed E-state index contributed by atoms with van der Waals surface area (Å²) in [5, 5.41) is 8.79. The number of nitrogens with zero attached hydrogens (tertiary/aromatic N) is 1. The molecular formula is C25H25NO5. The van der Waals surface area contributed by atoms with E-state index in [9.17, 15) is 9.59 Å². The summed E-state index contributed by atoms with van der Waals surface area (Å²) in [5.74, 6) is 0.0123. The third-order valence-corrected chi connectivity index (χ3v) is 4.74. The number of benzene rings is 2. The minimum absolute atomic E-state index is 0.0249. The molecule has 0 aliphatic rings. The molecule has 0 saturated heterocycles. The minimum Gasteiger partial charge on any atom is -0.496 e. The Labute approximate surface area is 181 Å². The second-order valence-electron chi connectivity index (χ2n) is 7.24. The number of carbonyl (C=O) groups is 2. The molecule has 1 N–H and O–H groups in total. The molecule has 3 rings (SSSR count). The van der Waals surface area contributed by atoms with Gasteiger partial charge < -0.3 is 19.1 Å². The van der Waals surface area contributed by atoms with Gasteiger partial charge in [0.1, 0.15) is 11.5 Å². The third kappa shape index (κ3) is 5.63. The Bertz CT molecular complexity index is 1110. The maximum absolute atomic E-state index is 13.0. The lowest BCUT2D eigenvalue weighted by Gasteiger charge is -2.09. The highest BCUT2D eigenvalue weighted by Crippen LogP contribution is 2.25. The minimum atomic E-state index is -1.04. The van der Waals surface area contributed by atoms with Gasteiger partial charge in [0.15, 0.2) is 6.61 Å². The Morgan fingerprint density at radius 1 is 1.03 bits per heavy atom. The SMILES string of the molecule is COc1ccc(OCC(=O)O)cc1C=CCn1cc(C)cc1C(=O)c1ccc(C)cc1. The normalized spacial score (nSPS) is 10.9. The highest BCUT2D eigenvalue weighted by molar-refractivity contribution is 6.08. The molecule has 160 valence electrons. The van der Waals surface area contributed by atoms with Crippen LogP contribution >= 0.6 is 0 Å². The van der Waals surface area contributed by atoms with Crippen LogP contribution in [0, 0.1) is 13.8 Å². The molecule has 0 bridgehead atoms. The van der Waals surface area contributed by atoms with E-state index in [0.717, 1.165) is 16.7 Å². The van der Waals surface area contributed by atoms with Gasteiger partial charge >= 0.3 is 5.97 Å². The first-order valence-corrected chi connectivity index (χ1v) is 9.84. The number of methoxy groups -OCH3 is 1. The van der Waals surface area contributed by atoms with Gasteiger partial charge in [-0.3, -0.25) is 4.79 Å². The standard InChI is InChI=1S/C25H25NO5/c1-17-6-8-19(9-7-17)25(29)22-13-18(2)15-26(22)12-4-5-20-14-21(31-16-24(27)28)10-11-23(20)30-3/h4-11,13-15H,12,16H2,1-3H3,(H,27,28). The predicted molar refractivity (Wildman–Crippen MR) is 119 cm³/mol. The first-order chi connectivity index (χ1) is 14.9. The average Bonchev–Trinajstić information content (AvgIpc) is 3.12. The Balaban J connectivity index is 1.80. The maximum atomic E-state index is 13.0. The van der Waals surface area contributed by atoms with Crippen LogP contribution in [0.5, 0.6) is 11.5 Å². The van der Waals surface area contributed by atoms with E-state index >= 15 is 0 Å². The van der Waals surface area contributed by atoms with Gasteiger partial charge in [-0.15, -0.1) is 0 Å². The summed E-state index contributed by atoms with van der Waals surface area (Å²) in [6.45, 7) is 4.02. The fraction of sp³-hybridized carbons (Fsp3) is 0.200. The van der Waals surface area contributed by atoms with E-state index in [0.29, 0.717) is 29.3 Å². The summed E-state index contributed by atoms with van der Waals surface area (Å²) in [7, 11) is 1.57. The number of aryl methyl sites for hydroxylation is 2. The Hall–Kier alpha value is -3.80. The van der Waals surface area contributed by atoms with Crippen molar-refractivity contribution in [2.45, 2.75) is 20.4 Å². The molecule has 0 spiro atoms. The predicted octanol–water partition coefficient (Wildman–Crippen LogP) is 4.52. The fourth-order valence-electron chi connectivity index (χ4n) is 3.22. The van der Waals surface area contributed by atoms with Crippen LogP contribution in [0.1, 0.15) is 32.7 Å². The molecule has 31 heavy (non-hydrogen) atoms. The molecule has 1 heterocycles. The van der Waals surface area contributed by atoms with Crippen molar-refractivity contribution in [3.63, 3.8) is 0 Å². The van der Waals surface area contributed by atoms with Crippen molar-refractivity contribution in [2.24, 2.45) is 0 Å². The summed E-state index contributed by atoms with van der Waals surface area (Å²) in [6.07, 6.45) is 5.72. The highest BCUT2D eigenvalue weighted by atomic mass is 16.5. The zero-order chi connectivity index (χ0) is 22.4. The molecule has 0 fully saturated rings. The van der Waals surface area contributed by atoms with Gasteiger partial charge in [0, 0.05) is 23.9 Å². The van der Waals surface area contributed by atoms with Crippen LogP contribution in [0.15, 0.2) is 60.8 Å². The molecular weight excluding hydrogens is 394 g/mol. The van der Waals surface area contributed by atoms with Gasteiger partial charge in [-0.2, -0.15) is 0 Å². The Morgan fingerprint density at radius 2 is 1.77 bits per heavy atom. The van der Waals surface area contributed by atoms with E-state index in [1.165, 1.54) is 0 Å². The van der Waals surface area contributed by atoms with Gasteiger partial charge in [0.05, 0.1) is 12.8 Å². The molecule has 0 aliphatic carbocycles. The van der Waals surface area contributed by atoms with Crippen LogP contribution < -0.4 is 9.47 Å². The second kappa shape index (κ2) is 9.80. The summed E-state index contributed by atoms with van der Waals surface area (Å²) in [4.78, 5) is 23.7. The van der Waals surface area contributed by atoms with Crippen molar-refractivity contribution in [1.29, 1.82) is 0 Å². The molecule has 2 aromatic carbocycles. The van der Waals surface area contributed by atoms with Crippen LogP contribution in [-0.4, -0.2) is 35.1 Å². The van der Waals surface area contributed by atoms with Gasteiger partial charge in [-0.25, -0.2) is 4.79 Å². The second-order valence-corrected chi connectivity index (χ2v) is 7.24. The summed E-state index contributed by atoms with van der Waals surface area (Å²) in [5.41, 5.74) is 4.14. The lowest BCUT2D eigenvalue weighted by atomic mass is 10.1. The van der Waals surface area contributed by atoms with Crippen LogP contribution in [0.4, 0.5) is 0 Å². The van der Waals surface area contributed by atoms with Gasteiger partial charge in [-0.05, 0) is 43.7 Å². The van der Waals surface area contributed by atoms with E-state index < -0.39 is 12.6 Å². The zero-order valence-electron chi connectivity index (χ0n) is 17.8. The van der Waals surface area contributed by atoms with E-state index in [-0.39, 0.29) is 5.78 Å². The zero-order valence-corrected chi connectivity index (χ0v) is 17.8. The molecule has 0 amide bonds. The Morgan fingerprint density at radius 3 is 2.45 bits per heavy atom. The van der Waals surface area contributed by atoms with Crippen LogP contribution in [0.2, 0.25) is 0 Å². The number of rotatable bonds is 9. The van der Waals surface area contributed by atoms with E-state index in [1.54, 1.807) is 25.3 Å². The van der Waals surface area contributed by atoms with Crippen molar-refractivity contribution < 1.29 is 24.2 Å². The number of carboxylic acid groups (broad SMARTS) is 1. The van der Waals surface area contributed by atoms with Crippen molar-refractivity contribution in [1.82, 2.24) is 4.57 Å². The first-order valence-electron chi connectivity index (χ1n) is 9.84. The molecule has 3 aromatic rings. The smallest absolute Gasteiger partial charge is 0.341 e. The number of aromatic nitrogens is 1. The van der Waals surface area contributed by atoms with Crippen LogP contribution in [0.3, 0.4) is 0 Å². The number of allylic oxidation sites excluding steroid dienone is 1. The number of ether oxygens (including phenoxy) is 2. The summed E-state index contributed by atoms with van der Waals surface area (Å²) in [6, 6.07) is 14.5. The number of carbonyl (C=O) groups excluding carboxylic acids is 1. The van der Waals surface area contributed by atoms with Crippen LogP contribution in [0.25, 0.3) is 6.08 Å². The van der Waals surface area contributed by atoms with Crippen LogP contribution in [-0.2, 0) is 11.3 Å². The lowest BCUT2D eigenvalue weighted by molar-refractivity contribution is -0.139. The maximum Gasteiger partial charge on any atom is 0.341 e.